The molecule has 9 heteroatoms. The van der Waals surface area contributed by atoms with E-state index in [0.29, 0.717) is 38.2 Å². The second-order valence-corrected chi connectivity index (χ2v) is 12.6. The van der Waals surface area contributed by atoms with E-state index in [4.69, 9.17) is 9.47 Å². The fraction of sp³-hybridized carbons (Fsp3) is 0.618. The van der Waals surface area contributed by atoms with E-state index >= 15 is 0 Å². The van der Waals surface area contributed by atoms with Crippen LogP contribution in [0.25, 0.3) is 0 Å². The van der Waals surface area contributed by atoms with Gasteiger partial charge in [-0.05, 0) is 56.9 Å². The van der Waals surface area contributed by atoms with Gasteiger partial charge in [0.2, 0.25) is 17.7 Å². The van der Waals surface area contributed by atoms with Gasteiger partial charge < -0.3 is 29.3 Å². The molecule has 1 aromatic carbocycles. The lowest BCUT2D eigenvalue weighted by Gasteiger charge is -2.42. The zero-order valence-electron chi connectivity index (χ0n) is 25.6. The van der Waals surface area contributed by atoms with Crippen molar-refractivity contribution < 1.29 is 29.0 Å². The van der Waals surface area contributed by atoms with Gasteiger partial charge in [0.15, 0.2) is 0 Å². The van der Waals surface area contributed by atoms with Crippen LogP contribution in [0.4, 0.5) is 5.69 Å². The van der Waals surface area contributed by atoms with Gasteiger partial charge in [-0.1, -0.05) is 57.4 Å². The Bertz CT molecular complexity index is 1290. The largest absolute Gasteiger partial charge is 0.494 e. The summed E-state index contributed by atoms with van der Waals surface area (Å²) >= 11 is 0. The number of hydrogen-bond donors (Lipinski definition) is 1. The number of aliphatic hydroxyl groups is 1. The van der Waals surface area contributed by atoms with E-state index in [1.807, 2.05) is 74.2 Å². The Morgan fingerprint density at radius 2 is 1.65 bits per heavy atom. The number of ether oxygens (including phenoxy) is 2. The predicted octanol–water partition coefficient (Wildman–Crippen LogP) is 3.85. The summed E-state index contributed by atoms with van der Waals surface area (Å²) in [5, 5.41) is 10.4. The van der Waals surface area contributed by atoms with E-state index in [-0.39, 0.29) is 30.4 Å². The molecule has 1 unspecified atom stereocenters. The standard InChI is InChI=1S/C34H45N3O6/c1-4-23(22-38)37-29-32(41)36(24-12-8-7-9-13-24)21-11-19-34(29)28(31(37)40)27-30(39)35(20-10-18-33(27,5-2)43-34)25-14-16-26(17-15-25)42-6-3/h10-11,14-19,23-24,27-29,38H,4-9,12-13,20-22H2,1-3H3/t23-,27-,28-,29?,33+,34-/m0/s1. The maximum absolute atomic E-state index is 14.7. The van der Waals surface area contributed by atoms with E-state index < -0.39 is 35.1 Å². The topological polar surface area (TPSA) is 99.6 Å². The fourth-order valence-corrected chi connectivity index (χ4v) is 8.37. The molecule has 43 heavy (non-hydrogen) atoms. The van der Waals surface area contributed by atoms with Gasteiger partial charge in [-0.25, -0.2) is 0 Å². The third-order valence-electron chi connectivity index (χ3n) is 10.5. The van der Waals surface area contributed by atoms with E-state index in [1.54, 1.807) is 9.80 Å². The van der Waals surface area contributed by atoms with E-state index in [1.165, 1.54) is 6.42 Å². The average molecular weight is 592 g/mol. The number of aliphatic hydroxyl groups excluding tert-OH is 1. The molecule has 0 aromatic heterocycles. The van der Waals surface area contributed by atoms with Crippen LogP contribution in [0.5, 0.6) is 5.75 Å². The summed E-state index contributed by atoms with van der Waals surface area (Å²) in [4.78, 5) is 49.3. The third-order valence-corrected chi connectivity index (χ3v) is 10.5. The molecule has 4 aliphatic heterocycles. The van der Waals surface area contributed by atoms with Crippen LogP contribution in [0, 0.1) is 11.8 Å². The zero-order valence-corrected chi connectivity index (χ0v) is 25.6. The molecule has 1 N–H and O–H groups in total. The maximum Gasteiger partial charge on any atom is 0.249 e. The van der Waals surface area contributed by atoms with Gasteiger partial charge in [0.25, 0.3) is 0 Å². The van der Waals surface area contributed by atoms with Crippen molar-refractivity contribution in [1.82, 2.24) is 9.80 Å². The molecule has 4 heterocycles. The molecular weight excluding hydrogens is 546 g/mol. The molecule has 6 atom stereocenters. The first-order valence-corrected chi connectivity index (χ1v) is 16.2. The Hall–Kier alpha value is -3.17. The number of hydrogen-bond acceptors (Lipinski definition) is 6. The number of carbonyl (C=O) groups is 3. The van der Waals surface area contributed by atoms with Gasteiger partial charge in [-0.15, -0.1) is 0 Å². The minimum absolute atomic E-state index is 0.106. The van der Waals surface area contributed by atoms with Crippen molar-refractivity contribution in [3.05, 3.63) is 48.6 Å². The first-order chi connectivity index (χ1) is 20.9. The van der Waals surface area contributed by atoms with Crippen molar-refractivity contribution in [2.75, 3.05) is 31.2 Å². The van der Waals surface area contributed by atoms with Crippen molar-refractivity contribution in [1.29, 1.82) is 0 Å². The number of carbonyl (C=O) groups excluding carboxylic acids is 3. The monoisotopic (exact) mass is 591 g/mol. The van der Waals surface area contributed by atoms with Crippen LogP contribution in [0.15, 0.2) is 48.6 Å². The number of rotatable bonds is 8. The molecule has 2 saturated heterocycles. The van der Waals surface area contributed by atoms with Crippen LogP contribution in [0.1, 0.15) is 65.7 Å². The predicted molar refractivity (Wildman–Crippen MR) is 162 cm³/mol. The molecule has 9 nitrogen and oxygen atoms in total. The molecule has 5 aliphatic rings. The molecule has 0 radical (unpaired) electrons. The molecule has 232 valence electrons. The van der Waals surface area contributed by atoms with Crippen LogP contribution in [-0.4, -0.2) is 88.3 Å². The van der Waals surface area contributed by atoms with Crippen LogP contribution >= 0.6 is 0 Å². The van der Waals surface area contributed by atoms with Gasteiger partial charge in [0.1, 0.15) is 17.4 Å². The third kappa shape index (κ3) is 4.62. The Labute approximate surface area is 254 Å². The summed E-state index contributed by atoms with van der Waals surface area (Å²) in [5.41, 5.74) is -1.65. The van der Waals surface area contributed by atoms with Crippen molar-refractivity contribution in [2.45, 2.75) is 95.0 Å². The Morgan fingerprint density at radius 3 is 2.30 bits per heavy atom. The summed E-state index contributed by atoms with van der Waals surface area (Å²) in [6, 6.07) is 6.03. The molecular formula is C34H45N3O6. The Kier molecular flexibility index (Phi) is 8.15. The lowest BCUT2D eigenvalue weighted by molar-refractivity contribution is -0.157. The van der Waals surface area contributed by atoms with Gasteiger partial charge in [-0.3, -0.25) is 14.4 Å². The van der Waals surface area contributed by atoms with E-state index in [0.717, 1.165) is 31.4 Å². The zero-order chi connectivity index (χ0) is 30.4. The fourth-order valence-electron chi connectivity index (χ4n) is 8.37. The first kappa shape index (κ1) is 29.9. The van der Waals surface area contributed by atoms with Crippen molar-refractivity contribution in [2.24, 2.45) is 11.8 Å². The van der Waals surface area contributed by atoms with Crippen LogP contribution in [0.2, 0.25) is 0 Å². The van der Waals surface area contributed by atoms with Crippen LogP contribution < -0.4 is 9.64 Å². The minimum Gasteiger partial charge on any atom is -0.494 e. The van der Waals surface area contributed by atoms with Crippen LogP contribution in [-0.2, 0) is 19.1 Å². The number of fused-ring (bicyclic) bond motifs is 2. The van der Waals surface area contributed by atoms with E-state index in [9.17, 15) is 19.5 Å². The van der Waals surface area contributed by atoms with Crippen molar-refractivity contribution >= 4 is 23.4 Å². The van der Waals surface area contributed by atoms with Gasteiger partial charge in [0.05, 0.1) is 36.7 Å². The average Bonchev–Trinajstić information content (AvgIpc) is 3.32. The summed E-state index contributed by atoms with van der Waals surface area (Å²) in [5.74, 6) is -1.63. The van der Waals surface area contributed by atoms with Crippen molar-refractivity contribution in [3.63, 3.8) is 0 Å². The highest BCUT2D eigenvalue weighted by Gasteiger charge is 2.76. The second kappa shape index (κ2) is 11.7. The number of nitrogens with zero attached hydrogens (tertiary/aromatic N) is 3. The molecule has 1 saturated carbocycles. The summed E-state index contributed by atoms with van der Waals surface area (Å²) in [6.07, 6.45) is 13.9. The molecule has 0 bridgehead atoms. The quantitative estimate of drug-likeness (QED) is 0.461. The Balaban J connectivity index is 1.45. The number of benzene rings is 1. The number of anilines is 1. The Morgan fingerprint density at radius 1 is 0.930 bits per heavy atom. The summed E-state index contributed by atoms with van der Waals surface area (Å²) in [6.45, 7) is 6.88. The highest BCUT2D eigenvalue weighted by Crippen LogP contribution is 2.59. The SMILES string of the molecule is CCOc1ccc(N2CC=C[C@@]3(CC)O[C@]45C=CCN(C6CCCCC6)C(=O)C4N([C@@H](CC)CO)C(=O)[C@@H]5[C@H]3C2=O)cc1. The van der Waals surface area contributed by atoms with Crippen molar-refractivity contribution in [3.8, 4) is 5.75 Å². The first-order valence-electron chi connectivity index (χ1n) is 16.2. The lowest BCUT2D eigenvalue weighted by Crippen LogP contribution is -2.60. The van der Waals surface area contributed by atoms with Gasteiger partial charge in [-0.2, -0.15) is 0 Å². The second-order valence-electron chi connectivity index (χ2n) is 12.6. The highest BCUT2D eigenvalue weighted by atomic mass is 16.5. The molecule has 1 aliphatic carbocycles. The summed E-state index contributed by atoms with van der Waals surface area (Å²) in [7, 11) is 0. The molecule has 6 rings (SSSR count). The smallest absolute Gasteiger partial charge is 0.249 e. The minimum atomic E-state index is -1.32. The summed E-state index contributed by atoms with van der Waals surface area (Å²) < 4.78 is 12.7. The highest BCUT2D eigenvalue weighted by molar-refractivity contribution is 6.04. The lowest BCUT2D eigenvalue weighted by atomic mass is 9.73. The van der Waals surface area contributed by atoms with Gasteiger partial charge >= 0.3 is 0 Å². The molecule has 3 amide bonds. The van der Waals surface area contributed by atoms with E-state index in [2.05, 4.69) is 0 Å². The maximum atomic E-state index is 14.7. The van der Waals surface area contributed by atoms with Crippen LogP contribution in [0.3, 0.4) is 0 Å². The number of likely N-dealkylation sites (tertiary alicyclic amines) is 1. The van der Waals surface area contributed by atoms with Gasteiger partial charge in [0, 0.05) is 24.8 Å². The molecule has 1 spiro atoms. The number of amides is 3. The molecule has 1 aromatic rings. The molecule has 3 fully saturated rings. The normalized spacial score (nSPS) is 33.3.